The van der Waals surface area contributed by atoms with E-state index in [0.717, 1.165) is 0 Å². The van der Waals surface area contributed by atoms with Gasteiger partial charge < -0.3 is 15.2 Å². The van der Waals surface area contributed by atoms with Gasteiger partial charge in [-0.15, -0.1) is 0 Å². The zero-order valence-electron chi connectivity index (χ0n) is 13.2. The number of hydrogen-bond acceptors (Lipinski definition) is 4. The van der Waals surface area contributed by atoms with Crippen LogP contribution < -0.4 is 10.1 Å². The number of nitrogens with zero attached hydrogens (tertiary/aromatic N) is 1. The fraction of sp³-hybridized carbons (Fsp3) is 0.625. The average molecular weight is 327 g/mol. The summed E-state index contributed by atoms with van der Waals surface area (Å²) in [4.78, 5) is 16.3. The third kappa shape index (κ3) is 4.58. The summed E-state index contributed by atoms with van der Waals surface area (Å²) in [5, 5.41) is 12.6. The molecular formula is C16H23ClN2O3. The van der Waals surface area contributed by atoms with Gasteiger partial charge >= 0.3 is 0 Å². The summed E-state index contributed by atoms with van der Waals surface area (Å²) in [6.45, 7) is 6.34. The van der Waals surface area contributed by atoms with Crippen molar-refractivity contribution in [2.45, 2.75) is 39.7 Å². The molecule has 1 atom stereocenters. The quantitative estimate of drug-likeness (QED) is 0.843. The Morgan fingerprint density at radius 2 is 2.23 bits per heavy atom. The molecule has 5 nitrogen and oxygen atoms in total. The van der Waals surface area contributed by atoms with Crippen LogP contribution >= 0.6 is 11.6 Å². The molecule has 1 aliphatic rings. The van der Waals surface area contributed by atoms with Crippen molar-refractivity contribution < 1.29 is 14.6 Å². The predicted octanol–water partition coefficient (Wildman–Crippen LogP) is 2.66. The molecule has 0 bridgehead atoms. The Morgan fingerprint density at radius 3 is 2.77 bits per heavy atom. The van der Waals surface area contributed by atoms with Crippen molar-refractivity contribution in [1.82, 2.24) is 10.3 Å². The minimum absolute atomic E-state index is 0.131. The molecule has 1 aromatic rings. The van der Waals surface area contributed by atoms with Crippen LogP contribution in [0.3, 0.4) is 0 Å². The van der Waals surface area contributed by atoms with Crippen LogP contribution in [0.15, 0.2) is 12.3 Å². The number of carbonyl (C=O) groups excluding carboxylic acids is 1. The highest BCUT2D eigenvalue weighted by atomic mass is 35.5. The second kappa shape index (κ2) is 6.84. The van der Waals surface area contributed by atoms with E-state index < -0.39 is 0 Å². The molecule has 1 aromatic heterocycles. The van der Waals surface area contributed by atoms with Crippen molar-refractivity contribution in [2.24, 2.45) is 11.3 Å². The maximum Gasteiger partial charge on any atom is 0.270 e. The van der Waals surface area contributed by atoms with Gasteiger partial charge in [-0.1, -0.05) is 32.4 Å². The topological polar surface area (TPSA) is 71.5 Å². The number of aromatic nitrogens is 1. The number of carbonyl (C=O) groups is 1. The number of nitrogens with one attached hydrogen (secondary N) is 1. The molecule has 1 aliphatic carbocycles. The number of ether oxygens (including phenoxy) is 1. The average Bonchev–Trinajstić information content (AvgIpc) is 3.26. The molecule has 2 rings (SSSR count). The van der Waals surface area contributed by atoms with Gasteiger partial charge in [-0.05, 0) is 24.2 Å². The van der Waals surface area contributed by atoms with Gasteiger partial charge in [-0.2, -0.15) is 0 Å². The molecule has 122 valence electrons. The summed E-state index contributed by atoms with van der Waals surface area (Å²) in [5.74, 6) is 0.730. The SMILES string of the molecule is CC(C)(C)C(CO)NC(=O)c1cc(OCC2CC2)c(Cl)cn1. The van der Waals surface area contributed by atoms with Crippen molar-refractivity contribution in [3.8, 4) is 5.75 Å². The lowest BCUT2D eigenvalue weighted by Gasteiger charge is -2.29. The van der Waals surface area contributed by atoms with Gasteiger partial charge in [0.15, 0.2) is 0 Å². The van der Waals surface area contributed by atoms with E-state index in [4.69, 9.17) is 16.3 Å². The molecule has 1 fully saturated rings. The molecule has 1 unspecified atom stereocenters. The van der Waals surface area contributed by atoms with Gasteiger partial charge in [0.2, 0.25) is 0 Å². The van der Waals surface area contributed by atoms with Gasteiger partial charge in [0.05, 0.1) is 25.5 Å². The van der Waals surface area contributed by atoms with E-state index in [1.54, 1.807) is 6.07 Å². The maximum atomic E-state index is 12.3. The van der Waals surface area contributed by atoms with Gasteiger partial charge in [-0.3, -0.25) is 4.79 Å². The summed E-state index contributed by atoms with van der Waals surface area (Å²) in [7, 11) is 0. The molecule has 0 radical (unpaired) electrons. The third-order valence-corrected chi connectivity index (χ3v) is 4.04. The number of pyridine rings is 1. The van der Waals surface area contributed by atoms with Crippen LogP contribution in [0, 0.1) is 11.3 Å². The standard InChI is InChI=1S/C16H23ClN2O3/c1-16(2,3)14(8-20)19-15(21)12-6-13(11(17)7-18-12)22-9-10-4-5-10/h6-7,10,14,20H,4-5,8-9H2,1-3H3,(H,19,21). The first kappa shape index (κ1) is 17.0. The Kier molecular flexibility index (Phi) is 5.29. The summed E-state index contributed by atoms with van der Waals surface area (Å²) in [6, 6.07) is 1.20. The first-order chi connectivity index (χ1) is 10.3. The first-order valence-electron chi connectivity index (χ1n) is 7.51. The highest BCUT2D eigenvalue weighted by Crippen LogP contribution is 2.31. The number of aliphatic hydroxyl groups excluding tert-OH is 1. The van der Waals surface area contributed by atoms with Crippen LogP contribution in [0.4, 0.5) is 0 Å². The van der Waals surface area contributed by atoms with Gasteiger partial charge in [-0.25, -0.2) is 4.98 Å². The molecule has 0 saturated heterocycles. The van der Waals surface area contributed by atoms with Crippen LogP contribution in [-0.4, -0.2) is 35.3 Å². The molecule has 6 heteroatoms. The Bertz CT molecular complexity index is 539. The molecule has 0 spiro atoms. The Hall–Kier alpha value is -1.33. The number of hydrogen-bond donors (Lipinski definition) is 2. The van der Waals surface area contributed by atoms with Crippen molar-refractivity contribution in [3.05, 3.63) is 23.0 Å². The van der Waals surface area contributed by atoms with Crippen LogP contribution in [-0.2, 0) is 0 Å². The Balaban J connectivity index is 2.06. The lowest BCUT2D eigenvalue weighted by atomic mass is 9.87. The van der Waals surface area contributed by atoms with Crippen molar-refractivity contribution in [1.29, 1.82) is 0 Å². The van der Waals surface area contributed by atoms with Crippen LogP contribution in [0.25, 0.3) is 0 Å². The zero-order chi connectivity index (χ0) is 16.3. The van der Waals surface area contributed by atoms with Crippen molar-refractivity contribution >= 4 is 17.5 Å². The normalized spacial score (nSPS) is 16.2. The van der Waals surface area contributed by atoms with Crippen LogP contribution in [0.1, 0.15) is 44.1 Å². The first-order valence-corrected chi connectivity index (χ1v) is 7.89. The Morgan fingerprint density at radius 1 is 1.55 bits per heavy atom. The number of amides is 1. The zero-order valence-corrected chi connectivity index (χ0v) is 14.0. The smallest absolute Gasteiger partial charge is 0.270 e. The summed E-state index contributed by atoms with van der Waals surface area (Å²) in [5.41, 5.74) is -0.0137. The predicted molar refractivity (Wildman–Crippen MR) is 85.3 cm³/mol. The van der Waals surface area contributed by atoms with E-state index in [9.17, 15) is 9.90 Å². The minimum atomic E-state index is -0.353. The van der Waals surface area contributed by atoms with E-state index in [1.165, 1.54) is 19.0 Å². The molecule has 2 N–H and O–H groups in total. The van der Waals surface area contributed by atoms with E-state index >= 15 is 0 Å². The van der Waals surface area contributed by atoms with Crippen LogP contribution in [0.5, 0.6) is 5.75 Å². The molecule has 0 aromatic carbocycles. The second-order valence-electron chi connectivity index (χ2n) is 6.83. The van der Waals surface area contributed by atoms with E-state index in [2.05, 4.69) is 10.3 Å². The van der Waals surface area contributed by atoms with E-state index in [0.29, 0.717) is 23.3 Å². The maximum absolute atomic E-state index is 12.3. The van der Waals surface area contributed by atoms with Crippen LogP contribution in [0.2, 0.25) is 5.02 Å². The lowest BCUT2D eigenvalue weighted by molar-refractivity contribution is 0.0842. The molecule has 0 aliphatic heterocycles. The second-order valence-corrected chi connectivity index (χ2v) is 7.24. The van der Waals surface area contributed by atoms with E-state index in [-0.39, 0.29) is 29.7 Å². The molecular weight excluding hydrogens is 304 g/mol. The third-order valence-electron chi connectivity index (χ3n) is 3.76. The molecule has 1 amide bonds. The molecule has 22 heavy (non-hydrogen) atoms. The largest absolute Gasteiger partial charge is 0.492 e. The van der Waals surface area contributed by atoms with Crippen molar-refractivity contribution in [2.75, 3.05) is 13.2 Å². The highest BCUT2D eigenvalue weighted by Gasteiger charge is 2.27. The summed E-state index contributed by atoms with van der Waals surface area (Å²) in [6.07, 6.45) is 3.78. The van der Waals surface area contributed by atoms with E-state index in [1.807, 2.05) is 20.8 Å². The Labute approximate surface area is 136 Å². The molecule has 1 saturated carbocycles. The molecule has 1 heterocycles. The summed E-state index contributed by atoms with van der Waals surface area (Å²) >= 11 is 6.05. The van der Waals surface area contributed by atoms with Gasteiger partial charge in [0.25, 0.3) is 5.91 Å². The highest BCUT2D eigenvalue weighted by molar-refractivity contribution is 6.32. The van der Waals surface area contributed by atoms with Gasteiger partial charge in [0.1, 0.15) is 16.5 Å². The fourth-order valence-electron chi connectivity index (χ4n) is 1.92. The number of rotatable bonds is 6. The number of aliphatic hydroxyl groups is 1. The van der Waals surface area contributed by atoms with Gasteiger partial charge in [0, 0.05) is 6.07 Å². The minimum Gasteiger partial charge on any atom is -0.492 e. The summed E-state index contributed by atoms with van der Waals surface area (Å²) < 4.78 is 5.65. The van der Waals surface area contributed by atoms with Crippen molar-refractivity contribution in [3.63, 3.8) is 0 Å². The monoisotopic (exact) mass is 326 g/mol. The fourth-order valence-corrected chi connectivity index (χ4v) is 2.07. The number of halogens is 1. The lowest BCUT2D eigenvalue weighted by Crippen LogP contribution is -2.46.